The van der Waals surface area contributed by atoms with Gasteiger partial charge >= 0.3 is 5.97 Å². The van der Waals surface area contributed by atoms with Gasteiger partial charge in [-0.3, -0.25) is 0 Å². The summed E-state index contributed by atoms with van der Waals surface area (Å²) in [6.45, 7) is 12.9. The van der Waals surface area contributed by atoms with Crippen molar-refractivity contribution in [1.82, 2.24) is 4.98 Å². The molecule has 0 fully saturated rings. The summed E-state index contributed by atoms with van der Waals surface area (Å²) in [5, 5.41) is 12.6. The summed E-state index contributed by atoms with van der Waals surface area (Å²) >= 11 is 0. The van der Waals surface area contributed by atoms with Crippen molar-refractivity contribution in [3.63, 3.8) is 0 Å². The van der Waals surface area contributed by atoms with Crippen molar-refractivity contribution in [2.45, 2.75) is 66.3 Å². The van der Waals surface area contributed by atoms with Gasteiger partial charge in [-0.25, -0.2) is 9.78 Å². The molecule has 2 N–H and O–H groups in total. The molecule has 0 spiro atoms. The highest BCUT2D eigenvalue weighted by molar-refractivity contribution is 5.88. The van der Waals surface area contributed by atoms with Crippen LogP contribution in [0.5, 0.6) is 0 Å². The van der Waals surface area contributed by atoms with E-state index in [0.29, 0.717) is 11.4 Å². The van der Waals surface area contributed by atoms with Gasteiger partial charge in [-0.2, -0.15) is 0 Å². The minimum absolute atomic E-state index is 0.147. The molecule has 0 saturated carbocycles. The van der Waals surface area contributed by atoms with Crippen molar-refractivity contribution in [1.29, 1.82) is 0 Å². The molecule has 4 heteroatoms. The van der Waals surface area contributed by atoms with Gasteiger partial charge in [-0.15, -0.1) is 0 Å². The van der Waals surface area contributed by atoms with E-state index in [4.69, 9.17) is 0 Å². The number of aryl methyl sites for hydroxylation is 1. The van der Waals surface area contributed by atoms with Gasteiger partial charge in [0.25, 0.3) is 0 Å². The fraction of sp³-hybridized carbons (Fsp3) is 0.647. The first-order valence-corrected chi connectivity index (χ1v) is 7.55. The number of aromatic nitrogens is 1. The SMILES string of the molecule is CCCc1cc(C(=O)O)cc(NC(C)(C)CC(C)(C)C)n1. The monoisotopic (exact) mass is 292 g/mol. The molecule has 1 aromatic heterocycles. The molecule has 0 aliphatic rings. The lowest BCUT2D eigenvalue weighted by atomic mass is 9.82. The average molecular weight is 292 g/mol. The first kappa shape index (κ1) is 17.5. The van der Waals surface area contributed by atoms with Crippen molar-refractivity contribution in [3.05, 3.63) is 23.4 Å². The van der Waals surface area contributed by atoms with E-state index in [-0.39, 0.29) is 11.0 Å². The highest BCUT2D eigenvalue weighted by Gasteiger charge is 2.26. The maximum atomic E-state index is 11.2. The van der Waals surface area contributed by atoms with Crippen molar-refractivity contribution >= 4 is 11.8 Å². The van der Waals surface area contributed by atoms with Crippen LogP contribution in [0.2, 0.25) is 0 Å². The quantitative estimate of drug-likeness (QED) is 0.817. The molecule has 21 heavy (non-hydrogen) atoms. The number of aromatic carboxylic acids is 1. The van der Waals surface area contributed by atoms with Gasteiger partial charge in [0.05, 0.1) is 5.56 Å². The largest absolute Gasteiger partial charge is 0.478 e. The van der Waals surface area contributed by atoms with Crippen LogP contribution in [-0.4, -0.2) is 21.6 Å². The Balaban J connectivity index is 3.03. The Bertz CT molecular complexity index is 502. The van der Waals surface area contributed by atoms with Crippen molar-refractivity contribution < 1.29 is 9.90 Å². The summed E-state index contributed by atoms with van der Waals surface area (Å²) in [6.07, 6.45) is 2.69. The summed E-state index contributed by atoms with van der Waals surface area (Å²) in [5.74, 6) is -0.265. The van der Waals surface area contributed by atoms with Crippen LogP contribution >= 0.6 is 0 Å². The van der Waals surface area contributed by atoms with Gasteiger partial charge in [0.2, 0.25) is 0 Å². The molecule has 1 aromatic rings. The topological polar surface area (TPSA) is 62.2 Å². The third-order valence-corrected chi connectivity index (χ3v) is 3.07. The Hall–Kier alpha value is -1.58. The second-order valence-corrected chi connectivity index (χ2v) is 7.53. The average Bonchev–Trinajstić information content (AvgIpc) is 2.24. The smallest absolute Gasteiger partial charge is 0.335 e. The molecule has 0 atom stereocenters. The van der Waals surface area contributed by atoms with E-state index >= 15 is 0 Å². The fourth-order valence-corrected chi connectivity index (χ4v) is 2.88. The zero-order valence-corrected chi connectivity index (χ0v) is 14.1. The Morgan fingerprint density at radius 1 is 1.24 bits per heavy atom. The zero-order valence-electron chi connectivity index (χ0n) is 14.1. The van der Waals surface area contributed by atoms with Gasteiger partial charge in [0.15, 0.2) is 0 Å². The van der Waals surface area contributed by atoms with Crippen molar-refractivity contribution in [2.75, 3.05) is 5.32 Å². The molecule has 0 radical (unpaired) electrons. The van der Waals surface area contributed by atoms with Crippen LogP contribution in [0.3, 0.4) is 0 Å². The van der Waals surface area contributed by atoms with Crippen molar-refractivity contribution in [2.24, 2.45) is 5.41 Å². The number of nitrogens with one attached hydrogen (secondary N) is 1. The van der Waals surface area contributed by atoms with Crippen LogP contribution in [-0.2, 0) is 6.42 Å². The Morgan fingerprint density at radius 3 is 2.33 bits per heavy atom. The van der Waals surface area contributed by atoms with E-state index in [1.54, 1.807) is 12.1 Å². The Morgan fingerprint density at radius 2 is 1.86 bits per heavy atom. The molecule has 1 rings (SSSR count). The summed E-state index contributed by atoms with van der Waals surface area (Å²) in [5.41, 5.74) is 1.16. The molecule has 0 aliphatic carbocycles. The van der Waals surface area contributed by atoms with Gasteiger partial charge in [-0.05, 0) is 44.2 Å². The van der Waals surface area contributed by atoms with Crippen LogP contribution in [0.15, 0.2) is 12.1 Å². The van der Waals surface area contributed by atoms with Crippen molar-refractivity contribution in [3.8, 4) is 0 Å². The fourth-order valence-electron chi connectivity index (χ4n) is 2.88. The highest BCUT2D eigenvalue weighted by Crippen LogP contribution is 2.29. The number of carboxylic acid groups (broad SMARTS) is 1. The number of nitrogens with zero attached hydrogens (tertiary/aromatic N) is 1. The Kier molecular flexibility index (Phi) is 5.37. The molecule has 0 aromatic carbocycles. The third-order valence-electron chi connectivity index (χ3n) is 3.07. The summed E-state index contributed by atoms with van der Waals surface area (Å²) in [4.78, 5) is 15.8. The molecule has 0 unspecified atom stereocenters. The second-order valence-electron chi connectivity index (χ2n) is 7.53. The third kappa shape index (κ3) is 6.15. The number of rotatable bonds is 6. The summed E-state index contributed by atoms with van der Waals surface area (Å²) in [6, 6.07) is 3.28. The number of anilines is 1. The standard InChI is InChI=1S/C17H28N2O2/c1-7-8-13-9-12(15(20)21)10-14(18-13)19-17(5,6)11-16(2,3)4/h9-10H,7-8,11H2,1-6H3,(H,18,19)(H,20,21). The van der Waals surface area contributed by atoms with Crippen LogP contribution in [0.4, 0.5) is 5.82 Å². The molecule has 0 saturated heterocycles. The summed E-state index contributed by atoms with van der Waals surface area (Å²) in [7, 11) is 0. The number of hydrogen-bond acceptors (Lipinski definition) is 3. The minimum atomic E-state index is -0.911. The molecule has 118 valence electrons. The zero-order chi connectivity index (χ0) is 16.3. The first-order valence-electron chi connectivity index (χ1n) is 7.55. The van der Waals surface area contributed by atoms with Gasteiger partial charge < -0.3 is 10.4 Å². The van der Waals surface area contributed by atoms with E-state index in [1.165, 1.54) is 0 Å². The number of pyridine rings is 1. The van der Waals surface area contributed by atoms with E-state index in [0.717, 1.165) is 25.0 Å². The van der Waals surface area contributed by atoms with Gasteiger partial charge in [0.1, 0.15) is 5.82 Å². The molecule has 4 nitrogen and oxygen atoms in total. The molecular weight excluding hydrogens is 264 g/mol. The van der Waals surface area contributed by atoms with E-state index in [1.807, 2.05) is 0 Å². The lowest BCUT2D eigenvalue weighted by Crippen LogP contribution is -2.35. The first-order chi connectivity index (χ1) is 9.52. The molecule has 1 heterocycles. The highest BCUT2D eigenvalue weighted by atomic mass is 16.4. The van der Waals surface area contributed by atoms with Crippen LogP contribution < -0.4 is 5.32 Å². The predicted molar refractivity (Wildman–Crippen MR) is 87.0 cm³/mol. The van der Waals surface area contributed by atoms with E-state index < -0.39 is 5.97 Å². The number of carboxylic acids is 1. The maximum absolute atomic E-state index is 11.2. The predicted octanol–water partition coefficient (Wildman–Crippen LogP) is 4.36. The normalized spacial score (nSPS) is 12.3. The minimum Gasteiger partial charge on any atom is -0.478 e. The van der Waals surface area contributed by atoms with Crippen LogP contribution in [0, 0.1) is 5.41 Å². The number of hydrogen-bond donors (Lipinski definition) is 2. The molecule has 0 aliphatic heterocycles. The lowest BCUT2D eigenvalue weighted by molar-refractivity contribution is 0.0696. The van der Waals surface area contributed by atoms with E-state index in [9.17, 15) is 9.90 Å². The molecule has 0 amide bonds. The molecular formula is C17H28N2O2. The van der Waals surface area contributed by atoms with Gasteiger partial charge in [0, 0.05) is 11.2 Å². The van der Waals surface area contributed by atoms with E-state index in [2.05, 4.69) is 51.8 Å². The molecule has 0 bridgehead atoms. The Labute approximate surface area is 128 Å². The second kappa shape index (κ2) is 6.46. The maximum Gasteiger partial charge on any atom is 0.335 e. The van der Waals surface area contributed by atoms with Crippen LogP contribution in [0.1, 0.15) is 70.4 Å². The number of carbonyl (C=O) groups is 1. The van der Waals surface area contributed by atoms with Gasteiger partial charge in [-0.1, -0.05) is 34.1 Å². The van der Waals surface area contributed by atoms with Crippen LogP contribution in [0.25, 0.3) is 0 Å². The summed E-state index contributed by atoms with van der Waals surface area (Å²) < 4.78 is 0. The lowest BCUT2D eigenvalue weighted by Gasteiger charge is -2.34.